The maximum Gasteiger partial charge on any atom is 0.150 e. The van der Waals surface area contributed by atoms with Crippen LogP contribution >= 0.6 is 0 Å². The zero-order valence-electron chi connectivity index (χ0n) is 31.9. The van der Waals surface area contributed by atoms with Gasteiger partial charge in [-0.3, -0.25) is 4.57 Å². The lowest BCUT2D eigenvalue weighted by Gasteiger charge is -2.33. The van der Waals surface area contributed by atoms with E-state index in [4.69, 9.17) is 9.72 Å². The fraction of sp³-hybridized carbons (Fsp3) is 0.200. The van der Waals surface area contributed by atoms with Crippen LogP contribution < -0.4 is 15.4 Å². The minimum Gasteiger partial charge on any atom is -0.496 e. The second-order valence-corrected chi connectivity index (χ2v) is 14.3. The first-order chi connectivity index (χ1) is 27.8. The monoisotopic (exact) mass is 760 g/mol. The van der Waals surface area contributed by atoms with Gasteiger partial charge in [0.05, 0.1) is 60.2 Å². The van der Waals surface area contributed by atoms with Gasteiger partial charge in [0.15, 0.2) is 5.65 Å². The van der Waals surface area contributed by atoms with E-state index in [1.54, 1.807) is 7.11 Å². The van der Waals surface area contributed by atoms with Crippen molar-refractivity contribution in [2.45, 2.75) is 38.0 Å². The number of aliphatic hydroxyl groups is 3. The molecular weight excluding hydrogens is 717 g/mol. The number of ether oxygens (including phenoxy) is 1. The number of rotatable bonds is 14. The number of H-pyrrole nitrogens is 1. The number of nitrogens with one attached hydrogen (secondary N) is 3. The summed E-state index contributed by atoms with van der Waals surface area (Å²) in [5.74, 6) is 1.90. The average molecular weight is 761 g/mol. The Labute approximate surface area is 329 Å². The molecule has 12 nitrogen and oxygen atoms in total. The van der Waals surface area contributed by atoms with Crippen LogP contribution in [0.5, 0.6) is 5.75 Å². The number of anilines is 2. The van der Waals surface area contributed by atoms with Crippen LogP contribution in [0.1, 0.15) is 37.0 Å². The Morgan fingerprint density at radius 3 is 2.11 bits per heavy atom. The van der Waals surface area contributed by atoms with Crippen molar-refractivity contribution in [2.24, 2.45) is 0 Å². The zero-order chi connectivity index (χ0) is 39.6. The fourth-order valence-corrected chi connectivity index (χ4v) is 7.45. The van der Waals surface area contributed by atoms with Crippen LogP contribution in [0.4, 0.5) is 11.6 Å². The summed E-state index contributed by atoms with van der Waals surface area (Å²) in [6.07, 6.45) is 3.59. The van der Waals surface area contributed by atoms with Crippen molar-refractivity contribution < 1.29 is 20.1 Å². The molecule has 4 aromatic heterocycles. The van der Waals surface area contributed by atoms with Gasteiger partial charge in [0, 0.05) is 11.3 Å². The highest BCUT2D eigenvalue weighted by Gasteiger charge is 2.32. The molecule has 0 aliphatic rings. The Morgan fingerprint density at radius 1 is 0.719 bits per heavy atom. The molecule has 0 fully saturated rings. The molecule has 57 heavy (non-hydrogen) atoms. The van der Waals surface area contributed by atoms with E-state index in [-0.39, 0.29) is 19.8 Å². The van der Waals surface area contributed by atoms with E-state index < -0.39 is 11.1 Å². The summed E-state index contributed by atoms with van der Waals surface area (Å²) in [5, 5.41) is 40.1. The molecule has 8 rings (SSSR count). The molecule has 12 heteroatoms. The first kappa shape index (κ1) is 37.3. The van der Waals surface area contributed by atoms with Crippen molar-refractivity contribution in [3.05, 3.63) is 145 Å². The lowest BCUT2D eigenvalue weighted by atomic mass is 9.87. The summed E-state index contributed by atoms with van der Waals surface area (Å²) < 4.78 is 7.69. The number of nitrogens with zero attached hydrogens (tertiary/aromatic N) is 5. The van der Waals surface area contributed by atoms with Gasteiger partial charge in [-0.05, 0) is 72.0 Å². The molecule has 6 N–H and O–H groups in total. The van der Waals surface area contributed by atoms with Gasteiger partial charge in [-0.15, -0.1) is 0 Å². The van der Waals surface area contributed by atoms with Crippen LogP contribution in [0.25, 0.3) is 50.3 Å². The Kier molecular flexibility index (Phi) is 10.2. The van der Waals surface area contributed by atoms with Gasteiger partial charge >= 0.3 is 0 Å². The Bertz CT molecular complexity index is 2640. The first-order valence-corrected chi connectivity index (χ1v) is 18.8. The molecule has 288 valence electrons. The molecule has 0 saturated carbocycles. The van der Waals surface area contributed by atoms with Gasteiger partial charge in [-0.25, -0.2) is 19.9 Å². The number of aromatic nitrogens is 6. The molecule has 0 radical (unpaired) electrons. The molecule has 0 bridgehead atoms. The summed E-state index contributed by atoms with van der Waals surface area (Å²) in [6, 6.07) is 37.5. The number of aromatic amines is 1. The van der Waals surface area contributed by atoms with E-state index in [9.17, 15) is 15.3 Å². The van der Waals surface area contributed by atoms with Crippen molar-refractivity contribution >= 4 is 33.7 Å². The van der Waals surface area contributed by atoms with E-state index in [1.165, 1.54) is 12.7 Å². The van der Waals surface area contributed by atoms with Gasteiger partial charge in [-0.1, -0.05) is 85.8 Å². The molecule has 0 saturated heterocycles. The maximum absolute atomic E-state index is 11.1. The third-order valence-corrected chi connectivity index (χ3v) is 10.9. The molecule has 8 aromatic rings. The lowest BCUT2D eigenvalue weighted by molar-refractivity contribution is 0.207. The normalized spacial score (nSPS) is 13.6. The van der Waals surface area contributed by atoms with Crippen LogP contribution in [0, 0.1) is 0 Å². The second-order valence-electron chi connectivity index (χ2n) is 14.3. The molecular formula is C45H44N8O4. The SMILES string of the molecule is CC[C@@](CO)(Nc1ncnc2[nH]c(-c3ccccc3OC)cc12)c1ccc(-n2c(-c3ccc(CO)cc3)cc3c(N[C@@](C)(CO)c4ccccc4)ncnc32)cc1. The number of fused-ring (bicyclic) bond motifs is 2. The lowest BCUT2D eigenvalue weighted by Crippen LogP contribution is -2.39. The topological polar surface area (TPSA) is 166 Å². The standard InChI is InChI=1S/C45H44N8O4/c1-4-45(26-56,52-41-35-22-37(50-40(35)46-27-47-41)34-12-8-9-13-39(34)57-3)32-18-20-33(21-19-32)53-38(30-16-14-29(24-54)15-17-30)23-36-42(48-28-49-43(36)53)51-44(2,25-55)31-10-6-5-7-11-31/h5-23,27-28,54-56H,4,24-26H2,1-3H3,(H,48,49,51)(H2,46,47,50,52)/t44-,45-/m0/s1. The number of para-hydroxylation sites is 1. The van der Waals surface area contributed by atoms with E-state index >= 15 is 0 Å². The van der Waals surface area contributed by atoms with Crippen molar-refractivity contribution in [3.63, 3.8) is 0 Å². The average Bonchev–Trinajstić information content (AvgIpc) is 3.90. The van der Waals surface area contributed by atoms with E-state index in [1.807, 2.05) is 129 Å². The number of aliphatic hydroxyl groups excluding tert-OH is 3. The minimum atomic E-state index is -0.880. The van der Waals surface area contributed by atoms with Crippen LogP contribution in [0.2, 0.25) is 0 Å². The minimum absolute atomic E-state index is 0.0604. The predicted octanol–water partition coefficient (Wildman–Crippen LogP) is 7.56. The highest BCUT2D eigenvalue weighted by molar-refractivity contribution is 5.95. The molecule has 0 spiro atoms. The zero-order valence-corrected chi connectivity index (χ0v) is 31.9. The van der Waals surface area contributed by atoms with Crippen molar-refractivity contribution in [1.82, 2.24) is 29.5 Å². The molecule has 2 atom stereocenters. The Hall–Kier alpha value is -6.60. The molecule has 0 aliphatic carbocycles. The van der Waals surface area contributed by atoms with Crippen LogP contribution in [0.3, 0.4) is 0 Å². The second kappa shape index (κ2) is 15.5. The van der Waals surface area contributed by atoms with E-state index in [0.29, 0.717) is 29.4 Å². The highest BCUT2D eigenvalue weighted by Crippen LogP contribution is 2.38. The molecule has 4 aromatic carbocycles. The van der Waals surface area contributed by atoms with E-state index in [2.05, 4.69) is 35.1 Å². The Morgan fingerprint density at radius 2 is 1.42 bits per heavy atom. The summed E-state index contributed by atoms with van der Waals surface area (Å²) >= 11 is 0. The predicted molar refractivity (Wildman–Crippen MR) is 223 cm³/mol. The molecule has 4 heterocycles. The van der Waals surface area contributed by atoms with Crippen LogP contribution in [-0.2, 0) is 17.7 Å². The number of benzene rings is 4. The molecule has 0 amide bonds. The number of hydrogen-bond donors (Lipinski definition) is 6. The van der Waals surface area contributed by atoms with Crippen LogP contribution in [-0.4, -0.2) is 65.1 Å². The van der Waals surface area contributed by atoms with Crippen LogP contribution in [0.15, 0.2) is 128 Å². The summed E-state index contributed by atoms with van der Waals surface area (Å²) in [6.45, 7) is 3.56. The fourth-order valence-electron chi connectivity index (χ4n) is 7.45. The van der Waals surface area contributed by atoms with Gasteiger partial charge in [0.1, 0.15) is 35.7 Å². The summed E-state index contributed by atoms with van der Waals surface area (Å²) in [4.78, 5) is 22.0. The highest BCUT2D eigenvalue weighted by atomic mass is 16.5. The van der Waals surface area contributed by atoms with Crippen molar-refractivity contribution in [1.29, 1.82) is 0 Å². The van der Waals surface area contributed by atoms with Crippen molar-refractivity contribution in [3.8, 4) is 34.0 Å². The largest absolute Gasteiger partial charge is 0.496 e. The third kappa shape index (κ3) is 6.84. The van der Waals surface area contributed by atoms with Gasteiger partial charge in [0.25, 0.3) is 0 Å². The third-order valence-electron chi connectivity index (χ3n) is 10.9. The van der Waals surface area contributed by atoms with Gasteiger partial charge in [-0.2, -0.15) is 0 Å². The quantitative estimate of drug-likeness (QED) is 0.0652. The number of methoxy groups -OCH3 is 1. The van der Waals surface area contributed by atoms with Gasteiger partial charge in [0.2, 0.25) is 0 Å². The first-order valence-electron chi connectivity index (χ1n) is 18.8. The van der Waals surface area contributed by atoms with Gasteiger partial charge < -0.3 is 35.7 Å². The smallest absolute Gasteiger partial charge is 0.150 e. The number of hydrogen-bond acceptors (Lipinski definition) is 10. The molecule has 0 aliphatic heterocycles. The summed E-state index contributed by atoms with van der Waals surface area (Å²) in [7, 11) is 1.65. The van der Waals surface area contributed by atoms with E-state index in [0.717, 1.165) is 61.4 Å². The van der Waals surface area contributed by atoms with Crippen molar-refractivity contribution in [2.75, 3.05) is 31.0 Å². The maximum atomic E-state index is 11.1. The molecule has 0 unspecified atom stereocenters. The summed E-state index contributed by atoms with van der Waals surface area (Å²) in [5.41, 5.74) is 6.57. The Balaban J connectivity index is 1.19.